The lowest BCUT2D eigenvalue weighted by Gasteiger charge is -2.18. The van der Waals surface area contributed by atoms with Gasteiger partial charge in [-0.05, 0) is 35.7 Å². The molecule has 0 saturated heterocycles. The van der Waals surface area contributed by atoms with Gasteiger partial charge in [-0.25, -0.2) is 0 Å². The molecule has 0 unspecified atom stereocenters. The van der Waals surface area contributed by atoms with Gasteiger partial charge in [0.05, 0.1) is 0 Å². The Balaban J connectivity index is 2.30. The smallest absolute Gasteiger partial charge is 0.0417 e. The third kappa shape index (κ3) is 2.80. The van der Waals surface area contributed by atoms with Crippen LogP contribution in [0.3, 0.4) is 0 Å². The number of anilines is 2. The first kappa shape index (κ1) is 15.2. The van der Waals surface area contributed by atoms with E-state index in [-0.39, 0.29) is 0 Å². The normalized spacial score (nSPS) is 10.4. The van der Waals surface area contributed by atoms with Crippen LogP contribution in [0.25, 0.3) is 22.3 Å². The zero-order valence-corrected chi connectivity index (χ0v) is 13.9. The van der Waals surface area contributed by atoms with Crippen LogP contribution in [-0.4, -0.2) is 14.1 Å². The van der Waals surface area contributed by atoms with Crippen LogP contribution in [0.5, 0.6) is 0 Å². The summed E-state index contributed by atoms with van der Waals surface area (Å²) in [5, 5.41) is 6.62. The molecule has 3 aromatic rings. The lowest BCUT2D eigenvalue weighted by atomic mass is 9.89. The van der Waals surface area contributed by atoms with Gasteiger partial charge >= 0.3 is 0 Å². The van der Waals surface area contributed by atoms with E-state index in [0.29, 0.717) is 0 Å². The van der Waals surface area contributed by atoms with Crippen LogP contribution in [-0.2, 0) is 0 Å². The predicted octanol–water partition coefficient (Wildman–Crippen LogP) is 5.41. The first-order valence-electron chi connectivity index (χ1n) is 7.90. The number of para-hydroxylation sites is 2. The molecule has 0 heterocycles. The molecule has 0 aliphatic heterocycles. The molecule has 0 saturated carbocycles. The molecular formula is C21H22N2. The highest BCUT2D eigenvalue weighted by molar-refractivity contribution is 5.94. The Hall–Kier alpha value is -2.74. The van der Waals surface area contributed by atoms with Gasteiger partial charge < -0.3 is 10.6 Å². The van der Waals surface area contributed by atoms with Gasteiger partial charge in [0.15, 0.2) is 0 Å². The molecule has 0 fully saturated rings. The minimum absolute atomic E-state index is 1.14. The van der Waals surface area contributed by atoms with Crippen molar-refractivity contribution in [3.8, 4) is 22.3 Å². The van der Waals surface area contributed by atoms with Gasteiger partial charge in [-0.2, -0.15) is 0 Å². The zero-order valence-electron chi connectivity index (χ0n) is 13.9. The van der Waals surface area contributed by atoms with Crippen molar-refractivity contribution in [3.05, 3.63) is 72.3 Å². The Morgan fingerprint density at radius 2 is 1.09 bits per heavy atom. The fourth-order valence-corrected chi connectivity index (χ4v) is 3.10. The molecule has 0 amide bonds. The number of hydrogen-bond acceptors (Lipinski definition) is 2. The second-order valence-electron chi connectivity index (χ2n) is 5.59. The van der Waals surface area contributed by atoms with Crippen LogP contribution in [0.2, 0.25) is 0 Å². The third-order valence-electron chi connectivity index (χ3n) is 4.23. The first-order valence-corrected chi connectivity index (χ1v) is 7.90. The standard InChI is InChI=1S/C21H22N2/c1-15-9-8-12-17(16-10-4-6-13-19(16)22-2)21(15)18-11-5-7-14-20(18)23-3/h4-14,22-23H,1-3H3. The van der Waals surface area contributed by atoms with Gasteiger partial charge in [0.1, 0.15) is 0 Å². The van der Waals surface area contributed by atoms with Gasteiger partial charge in [0.2, 0.25) is 0 Å². The molecule has 0 aromatic heterocycles. The van der Waals surface area contributed by atoms with Crippen molar-refractivity contribution in [2.75, 3.05) is 24.7 Å². The van der Waals surface area contributed by atoms with Crippen LogP contribution in [0, 0.1) is 6.92 Å². The number of aryl methyl sites for hydroxylation is 1. The molecule has 3 rings (SSSR count). The van der Waals surface area contributed by atoms with Crippen LogP contribution < -0.4 is 10.6 Å². The molecular weight excluding hydrogens is 280 g/mol. The van der Waals surface area contributed by atoms with E-state index in [2.05, 4.69) is 84.3 Å². The highest BCUT2D eigenvalue weighted by atomic mass is 14.8. The van der Waals surface area contributed by atoms with Gasteiger partial charge in [-0.3, -0.25) is 0 Å². The predicted molar refractivity (Wildman–Crippen MR) is 101 cm³/mol. The van der Waals surface area contributed by atoms with Gasteiger partial charge in [-0.1, -0.05) is 54.6 Å². The van der Waals surface area contributed by atoms with Crippen molar-refractivity contribution in [3.63, 3.8) is 0 Å². The lowest BCUT2D eigenvalue weighted by Crippen LogP contribution is -1.97. The van der Waals surface area contributed by atoms with Crippen molar-refractivity contribution < 1.29 is 0 Å². The average molecular weight is 302 g/mol. The molecule has 0 spiro atoms. The van der Waals surface area contributed by atoms with E-state index in [9.17, 15) is 0 Å². The Morgan fingerprint density at radius 1 is 0.565 bits per heavy atom. The van der Waals surface area contributed by atoms with Crippen molar-refractivity contribution >= 4 is 11.4 Å². The maximum atomic E-state index is 3.31. The summed E-state index contributed by atoms with van der Waals surface area (Å²) in [5.74, 6) is 0. The summed E-state index contributed by atoms with van der Waals surface area (Å²) in [5.41, 5.74) is 8.54. The van der Waals surface area contributed by atoms with E-state index in [1.807, 2.05) is 14.1 Å². The summed E-state index contributed by atoms with van der Waals surface area (Å²) in [4.78, 5) is 0. The van der Waals surface area contributed by atoms with Gasteiger partial charge in [0.25, 0.3) is 0 Å². The number of rotatable bonds is 4. The third-order valence-corrected chi connectivity index (χ3v) is 4.23. The summed E-state index contributed by atoms with van der Waals surface area (Å²) >= 11 is 0. The molecule has 0 atom stereocenters. The molecule has 116 valence electrons. The Labute approximate surface area is 138 Å². The van der Waals surface area contributed by atoms with E-state index in [4.69, 9.17) is 0 Å². The van der Waals surface area contributed by atoms with E-state index < -0.39 is 0 Å². The molecule has 0 aliphatic carbocycles. The molecule has 2 nitrogen and oxygen atoms in total. The van der Waals surface area contributed by atoms with Crippen LogP contribution >= 0.6 is 0 Å². The summed E-state index contributed by atoms with van der Waals surface area (Å²) < 4.78 is 0. The Morgan fingerprint density at radius 3 is 1.74 bits per heavy atom. The summed E-state index contributed by atoms with van der Waals surface area (Å²) in [6.45, 7) is 2.17. The molecule has 0 radical (unpaired) electrons. The monoisotopic (exact) mass is 302 g/mol. The molecule has 0 aliphatic rings. The molecule has 2 N–H and O–H groups in total. The Kier molecular flexibility index (Phi) is 4.33. The number of hydrogen-bond donors (Lipinski definition) is 2. The highest BCUT2D eigenvalue weighted by Gasteiger charge is 2.14. The lowest BCUT2D eigenvalue weighted by molar-refractivity contribution is 1.42. The zero-order chi connectivity index (χ0) is 16.2. The molecule has 3 aromatic carbocycles. The van der Waals surface area contributed by atoms with Crippen LogP contribution in [0.15, 0.2) is 66.7 Å². The minimum atomic E-state index is 1.14. The van der Waals surface area contributed by atoms with Crippen LogP contribution in [0.4, 0.5) is 11.4 Å². The van der Waals surface area contributed by atoms with Gasteiger partial charge in [0, 0.05) is 36.6 Å². The number of benzene rings is 3. The summed E-state index contributed by atoms with van der Waals surface area (Å²) in [7, 11) is 3.94. The second kappa shape index (κ2) is 6.57. The minimum Gasteiger partial charge on any atom is -0.388 e. The maximum Gasteiger partial charge on any atom is 0.0417 e. The molecule has 23 heavy (non-hydrogen) atoms. The summed E-state index contributed by atoms with van der Waals surface area (Å²) in [6.07, 6.45) is 0. The quantitative estimate of drug-likeness (QED) is 0.673. The fourth-order valence-electron chi connectivity index (χ4n) is 3.10. The van der Waals surface area contributed by atoms with E-state index in [1.54, 1.807) is 0 Å². The van der Waals surface area contributed by atoms with Crippen molar-refractivity contribution in [1.82, 2.24) is 0 Å². The maximum absolute atomic E-state index is 3.31. The molecule has 0 bridgehead atoms. The van der Waals surface area contributed by atoms with Crippen molar-refractivity contribution in [1.29, 1.82) is 0 Å². The van der Waals surface area contributed by atoms with E-state index in [1.165, 1.54) is 27.8 Å². The average Bonchev–Trinajstić information content (AvgIpc) is 2.61. The second-order valence-corrected chi connectivity index (χ2v) is 5.59. The van der Waals surface area contributed by atoms with Crippen LogP contribution in [0.1, 0.15) is 5.56 Å². The Bertz CT molecular complexity index is 822. The van der Waals surface area contributed by atoms with E-state index in [0.717, 1.165) is 11.4 Å². The highest BCUT2D eigenvalue weighted by Crippen LogP contribution is 2.40. The first-order chi connectivity index (χ1) is 11.3. The largest absolute Gasteiger partial charge is 0.388 e. The van der Waals surface area contributed by atoms with E-state index >= 15 is 0 Å². The molecule has 2 heteroatoms. The number of nitrogens with one attached hydrogen (secondary N) is 2. The topological polar surface area (TPSA) is 24.1 Å². The van der Waals surface area contributed by atoms with Crippen molar-refractivity contribution in [2.45, 2.75) is 6.92 Å². The summed E-state index contributed by atoms with van der Waals surface area (Å²) in [6, 6.07) is 23.4. The van der Waals surface area contributed by atoms with Gasteiger partial charge in [-0.15, -0.1) is 0 Å². The SMILES string of the molecule is CNc1ccccc1-c1cccc(C)c1-c1ccccc1NC. The van der Waals surface area contributed by atoms with Crippen molar-refractivity contribution in [2.24, 2.45) is 0 Å². The fraction of sp³-hybridized carbons (Fsp3) is 0.143.